The van der Waals surface area contributed by atoms with Gasteiger partial charge in [0.15, 0.2) is 0 Å². The van der Waals surface area contributed by atoms with E-state index in [0.717, 1.165) is 24.0 Å². The fourth-order valence-electron chi connectivity index (χ4n) is 2.50. The van der Waals surface area contributed by atoms with Crippen LogP contribution in [0.4, 0.5) is 0 Å². The number of nitrogens with one attached hydrogen (secondary N) is 1. The molecule has 1 aromatic rings. The molecule has 0 radical (unpaired) electrons. The molecule has 0 aromatic heterocycles. The SMILES string of the molecule is CC(C)N1CCC(CNC(=O)c2ccc(Br)cc2Cl)C1. The van der Waals surface area contributed by atoms with Gasteiger partial charge < -0.3 is 10.2 Å². The molecule has 0 spiro atoms. The maximum absolute atomic E-state index is 12.1. The zero-order valence-corrected chi connectivity index (χ0v) is 14.2. The third kappa shape index (κ3) is 3.96. The van der Waals surface area contributed by atoms with Crippen LogP contribution in [-0.2, 0) is 0 Å². The summed E-state index contributed by atoms with van der Waals surface area (Å²) in [5.41, 5.74) is 0.536. The second kappa shape index (κ2) is 6.92. The van der Waals surface area contributed by atoms with Crippen LogP contribution in [-0.4, -0.2) is 36.5 Å². The number of benzene rings is 1. The van der Waals surface area contributed by atoms with E-state index < -0.39 is 0 Å². The van der Waals surface area contributed by atoms with Gasteiger partial charge in [-0.25, -0.2) is 0 Å². The van der Waals surface area contributed by atoms with Crippen molar-refractivity contribution in [2.75, 3.05) is 19.6 Å². The van der Waals surface area contributed by atoms with Crippen molar-refractivity contribution >= 4 is 33.4 Å². The van der Waals surface area contributed by atoms with E-state index in [2.05, 4.69) is 40.0 Å². The van der Waals surface area contributed by atoms with Gasteiger partial charge in [0, 0.05) is 23.6 Å². The molecule has 1 aromatic carbocycles. The molecule has 1 N–H and O–H groups in total. The number of halogens is 2. The predicted octanol–water partition coefficient (Wildman–Crippen LogP) is 3.56. The topological polar surface area (TPSA) is 32.3 Å². The summed E-state index contributed by atoms with van der Waals surface area (Å²) < 4.78 is 0.877. The first kappa shape index (κ1) is 15.8. The number of amides is 1. The maximum Gasteiger partial charge on any atom is 0.252 e. The molecule has 3 nitrogen and oxygen atoms in total. The minimum atomic E-state index is -0.0921. The van der Waals surface area contributed by atoms with Crippen molar-refractivity contribution < 1.29 is 4.79 Å². The molecule has 1 aliphatic rings. The van der Waals surface area contributed by atoms with Gasteiger partial charge in [0.05, 0.1) is 10.6 Å². The van der Waals surface area contributed by atoms with E-state index in [4.69, 9.17) is 11.6 Å². The highest BCUT2D eigenvalue weighted by atomic mass is 79.9. The van der Waals surface area contributed by atoms with Crippen LogP contribution in [0.25, 0.3) is 0 Å². The van der Waals surface area contributed by atoms with Crippen LogP contribution in [0.15, 0.2) is 22.7 Å². The van der Waals surface area contributed by atoms with Crippen LogP contribution in [0.2, 0.25) is 5.02 Å². The smallest absolute Gasteiger partial charge is 0.252 e. The Morgan fingerprint density at radius 3 is 2.90 bits per heavy atom. The van der Waals surface area contributed by atoms with Crippen molar-refractivity contribution in [3.63, 3.8) is 0 Å². The van der Waals surface area contributed by atoms with Crippen molar-refractivity contribution in [1.82, 2.24) is 10.2 Å². The number of carbonyl (C=O) groups is 1. The first-order valence-electron chi connectivity index (χ1n) is 6.94. The number of rotatable bonds is 4. The van der Waals surface area contributed by atoms with E-state index in [1.165, 1.54) is 0 Å². The first-order chi connectivity index (χ1) is 9.47. The van der Waals surface area contributed by atoms with Gasteiger partial charge in [-0.1, -0.05) is 27.5 Å². The molecule has 1 atom stereocenters. The number of likely N-dealkylation sites (tertiary alicyclic amines) is 1. The Bertz CT molecular complexity index is 493. The Morgan fingerprint density at radius 1 is 1.55 bits per heavy atom. The lowest BCUT2D eigenvalue weighted by atomic mass is 10.1. The van der Waals surface area contributed by atoms with Gasteiger partial charge in [-0.05, 0) is 50.9 Å². The molecule has 110 valence electrons. The third-order valence-electron chi connectivity index (χ3n) is 3.77. The summed E-state index contributed by atoms with van der Waals surface area (Å²) in [5, 5.41) is 3.47. The summed E-state index contributed by atoms with van der Waals surface area (Å²) in [6.07, 6.45) is 1.15. The van der Waals surface area contributed by atoms with Gasteiger partial charge in [-0.3, -0.25) is 4.79 Å². The molecular formula is C15H20BrClN2O. The minimum absolute atomic E-state index is 0.0921. The van der Waals surface area contributed by atoms with Crippen LogP contribution in [0.3, 0.4) is 0 Å². The molecule has 1 amide bonds. The zero-order chi connectivity index (χ0) is 14.7. The Labute approximate surface area is 133 Å². The molecule has 5 heteroatoms. The van der Waals surface area contributed by atoms with Gasteiger partial charge in [-0.2, -0.15) is 0 Å². The number of hydrogen-bond acceptors (Lipinski definition) is 2. The fourth-order valence-corrected chi connectivity index (χ4v) is 3.26. The normalized spacial score (nSPS) is 19.6. The summed E-state index contributed by atoms with van der Waals surface area (Å²) in [6, 6.07) is 5.90. The molecule has 0 saturated carbocycles. The van der Waals surface area contributed by atoms with E-state index >= 15 is 0 Å². The molecule has 20 heavy (non-hydrogen) atoms. The monoisotopic (exact) mass is 358 g/mol. The number of carbonyl (C=O) groups excluding carboxylic acids is 1. The van der Waals surface area contributed by atoms with Gasteiger partial charge in [0.2, 0.25) is 0 Å². The molecule has 1 saturated heterocycles. The van der Waals surface area contributed by atoms with Crippen molar-refractivity contribution in [2.24, 2.45) is 5.92 Å². The Balaban J connectivity index is 1.87. The van der Waals surface area contributed by atoms with Crippen LogP contribution in [0, 0.1) is 5.92 Å². The van der Waals surface area contributed by atoms with Crippen LogP contribution < -0.4 is 5.32 Å². The lowest BCUT2D eigenvalue weighted by Crippen LogP contribution is -2.33. The molecule has 1 heterocycles. The van der Waals surface area contributed by atoms with Crippen molar-refractivity contribution in [3.8, 4) is 0 Å². The Morgan fingerprint density at radius 2 is 2.30 bits per heavy atom. The third-order valence-corrected chi connectivity index (χ3v) is 4.58. The van der Waals surface area contributed by atoms with E-state index in [9.17, 15) is 4.79 Å². The van der Waals surface area contributed by atoms with Crippen LogP contribution in [0.1, 0.15) is 30.6 Å². The number of nitrogens with zero attached hydrogens (tertiary/aromatic N) is 1. The summed E-state index contributed by atoms with van der Waals surface area (Å²) in [4.78, 5) is 14.6. The molecule has 0 aliphatic carbocycles. The molecule has 2 rings (SSSR count). The van der Waals surface area contributed by atoms with Crippen LogP contribution in [0.5, 0.6) is 0 Å². The van der Waals surface area contributed by atoms with Gasteiger partial charge in [0.1, 0.15) is 0 Å². The van der Waals surface area contributed by atoms with Gasteiger partial charge in [-0.15, -0.1) is 0 Å². The lowest BCUT2D eigenvalue weighted by Gasteiger charge is -2.20. The molecule has 1 aliphatic heterocycles. The van der Waals surface area contributed by atoms with Crippen LogP contribution >= 0.6 is 27.5 Å². The highest BCUT2D eigenvalue weighted by Crippen LogP contribution is 2.22. The zero-order valence-electron chi connectivity index (χ0n) is 11.8. The van der Waals surface area contributed by atoms with E-state index in [-0.39, 0.29) is 5.91 Å². The van der Waals surface area contributed by atoms with Crippen molar-refractivity contribution in [1.29, 1.82) is 0 Å². The van der Waals surface area contributed by atoms with Gasteiger partial charge in [0.25, 0.3) is 5.91 Å². The molecule has 1 fully saturated rings. The fraction of sp³-hybridized carbons (Fsp3) is 0.533. The maximum atomic E-state index is 12.1. The standard InChI is InChI=1S/C15H20BrClN2O/c1-10(2)19-6-5-11(9-19)8-18-15(20)13-4-3-12(16)7-14(13)17/h3-4,7,10-11H,5-6,8-9H2,1-2H3,(H,18,20). The second-order valence-electron chi connectivity index (χ2n) is 5.58. The van der Waals surface area contributed by atoms with Crippen molar-refractivity contribution in [3.05, 3.63) is 33.3 Å². The average Bonchev–Trinajstić information content (AvgIpc) is 2.85. The summed E-state index contributed by atoms with van der Waals surface area (Å²) in [5.74, 6) is 0.445. The molecular weight excluding hydrogens is 340 g/mol. The quantitative estimate of drug-likeness (QED) is 0.891. The summed E-state index contributed by atoms with van der Waals surface area (Å²) in [6.45, 7) is 7.32. The average molecular weight is 360 g/mol. The van der Waals surface area contributed by atoms with E-state index in [0.29, 0.717) is 29.1 Å². The molecule has 1 unspecified atom stereocenters. The second-order valence-corrected chi connectivity index (χ2v) is 6.90. The summed E-state index contributed by atoms with van der Waals surface area (Å²) >= 11 is 9.42. The highest BCUT2D eigenvalue weighted by Gasteiger charge is 2.24. The minimum Gasteiger partial charge on any atom is -0.352 e. The first-order valence-corrected chi connectivity index (χ1v) is 8.11. The Hall–Kier alpha value is -0.580. The lowest BCUT2D eigenvalue weighted by molar-refractivity contribution is 0.0947. The largest absolute Gasteiger partial charge is 0.352 e. The number of hydrogen-bond donors (Lipinski definition) is 1. The Kier molecular flexibility index (Phi) is 5.47. The van der Waals surface area contributed by atoms with Gasteiger partial charge >= 0.3 is 0 Å². The van der Waals surface area contributed by atoms with Crippen molar-refractivity contribution in [2.45, 2.75) is 26.3 Å². The summed E-state index contributed by atoms with van der Waals surface area (Å²) in [7, 11) is 0. The van der Waals surface area contributed by atoms with E-state index in [1.54, 1.807) is 12.1 Å². The highest BCUT2D eigenvalue weighted by molar-refractivity contribution is 9.10. The molecule has 0 bridgehead atoms. The van der Waals surface area contributed by atoms with E-state index in [1.807, 2.05) is 6.07 Å². The predicted molar refractivity (Wildman–Crippen MR) is 86.3 cm³/mol.